The minimum atomic E-state index is 0.0477. The van der Waals surface area contributed by atoms with Crippen LogP contribution in [0.2, 0.25) is 0 Å². The van der Waals surface area contributed by atoms with Gasteiger partial charge in [-0.15, -0.1) is 11.3 Å². The Morgan fingerprint density at radius 2 is 2.12 bits per heavy atom. The number of hydrogen-bond acceptors (Lipinski definition) is 6. The number of thiazole rings is 1. The molecule has 0 fully saturated rings. The summed E-state index contributed by atoms with van der Waals surface area (Å²) in [5, 5.41) is 16.7. The van der Waals surface area contributed by atoms with E-state index in [0.29, 0.717) is 17.1 Å². The van der Waals surface area contributed by atoms with Gasteiger partial charge in [0.05, 0.1) is 19.6 Å². The predicted molar refractivity (Wildman–Crippen MR) is 98.4 cm³/mol. The number of rotatable bonds is 5. The fourth-order valence-corrected chi connectivity index (χ4v) is 3.19. The highest BCUT2D eigenvalue weighted by atomic mass is 32.1. The van der Waals surface area contributed by atoms with Crippen molar-refractivity contribution in [2.45, 2.75) is 19.9 Å². The maximum atomic E-state index is 10.2. The van der Waals surface area contributed by atoms with Gasteiger partial charge in [-0.2, -0.15) is 5.10 Å². The molecule has 0 unspecified atom stereocenters. The van der Waals surface area contributed by atoms with Gasteiger partial charge in [0.25, 0.3) is 0 Å². The van der Waals surface area contributed by atoms with Gasteiger partial charge in [-0.05, 0) is 38.1 Å². The van der Waals surface area contributed by atoms with Gasteiger partial charge in [0, 0.05) is 17.0 Å². The van der Waals surface area contributed by atoms with Crippen LogP contribution in [0.3, 0.4) is 0 Å². The Morgan fingerprint density at radius 1 is 1.28 bits per heavy atom. The Labute approximate surface area is 149 Å². The van der Waals surface area contributed by atoms with E-state index >= 15 is 0 Å². The molecule has 25 heavy (non-hydrogen) atoms. The first-order valence-corrected chi connectivity index (χ1v) is 8.66. The van der Waals surface area contributed by atoms with E-state index < -0.39 is 0 Å². The topological polar surface area (TPSA) is 72.2 Å². The molecule has 2 heterocycles. The Bertz CT molecular complexity index is 937. The molecular weight excluding hydrogens is 338 g/mol. The van der Waals surface area contributed by atoms with Crippen LogP contribution in [0.4, 0.5) is 0 Å². The van der Waals surface area contributed by atoms with E-state index in [1.54, 1.807) is 35.4 Å². The first kappa shape index (κ1) is 17.0. The number of methoxy groups -OCH3 is 1. The van der Waals surface area contributed by atoms with Crippen LogP contribution in [0.5, 0.6) is 11.5 Å². The summed E-state index contributed by atoms with van der Waals surface area (Å²) < 4.78 is 12.3. The average molecular weight is 357 g/mol. The Hall–Kier alpha value is -2.80. The number of benzene rings is 1. The van der Waals surface area contributed by atoms with Crippen molar-refractivity contribution in [2.75, 3.05) is 7.11 Å². The number of aromatic nitrogens is 1. The Balaban J connectivity index is 2.09. The van der Waals surface area contributed by atoms with Gasteiger partial charge in [-0.1, -0.05) is 6.07 Å². The molecule has 7 heteroatoms. The minimum absolute atomic E-state index is 0.0477. The maximum absolute atomic E-state index is 10.2. The first-order chi connectivity index (χ1) is 12.1. The van der Waals surface area contributed by atoms with E-state index in [4.69, 9.17) is 9.15 Å². The highest BCUT2D eigenvalue weighted by Gasteiger charge is 2.11. The number of phenols is 1. The Morgan fingerprint density at radius 3 is 2.80 bits per heavy atom. The van der Waals surface area contributed by atoms with Crippen molar-refractivity contribution >= 4 is 17.6 Å². The summed E-state index contributed by atoms with van der Waals surface area (Å²) in [6.45, 7) is 4.02. The average Bonchev–Trinajstić information content (AvgIpc) is 3.23. The van der Waals surface area contributed by atoms with Crippen LogP contribution in [0.1, 0.15) is 19.4 Å². The van der Waals surface area contributed by atoms with Crippen LogP contribution < -0.4 is 9.54 Å². The van der Waals surface area contributed by atoms with E-state index in [-0.39, 0.29) is 11.8 Å². The Kier molecular flexibility index (Phi) is 5.04. The van der Waals surface area contributed by atoms with Gasteiger partial charge in [0.1, 0.15) is 5.69 Å². The zero-order chi connectivity index (χ0) is 17.8. The third-order valence-corrected chi connectivity index (χ3v) is 4.22. The van der Waals surface area contributed by atoms with Crippen molar-refractivity contribution in [2.24, 2.45) is 10.1 Å². The lowest BCUT2D eigenvalue weighted by Crippen LogP contribution is -2.14. The van der Waals surface area contributed by atoms with Gasteiger partial charge in [0.2, 0.25) is 4.80 Å². The largest absolute Gasteiger partial charge is 0.504 e. The SMILES string of the molecule is COc1cccc(C=Nn2c(-c3ccco3)csc2=NC(C)C)c1O. The summed E-state index contributed by atoms with van der Waals surface area (Å²) in [4.78, 5) is 5.35. The normalized spacial score (nSPS) is 12.4. The number of hydrogen-bond donors (Lipinski definition) is 1. The van der Waals surface area contributed by atoms with Crippen LogP contribution in [0.25, 0.3) is 11.5 Å². The van der Waals surface area contributed by atoms with Crippen molar-refractivity contribution in [1.82, 2.24) is 4.68 Å². The number of ether oxygens (including phenoxy) is 1. The quantitative estimate of drug-likeness (QED) is 0.708. The molecular formula is C18H19N3O3S. The molecule has 0 saturated carbocycles. The second kappa shape index (κ2) is 7.40. The van der Waals surface area contributed by atoms with Crippen molar-refractivity contribution in [3.8, 4) is 23.0 Å². The molecule has 1 aromatic carbocycles. The molecule has 0 saturated heterocycles. The zero-order valence-corrected chi connectivity index (χ0v) is 15.0. The smallest absolute Gasteiger partial charge is 0.206 e. The zero-order valence-electron chi connectivity index (χ0n) is 14.2. The van der Waals surface area contributed by atoms with E-state index in [1.165, 1.54) is 18.4 Å². The summed E-state index contributed by atoms with van der Waals surface area (Å²) >= 11 is 1.49. The molecule has 0 aliphatic heterocycles. The molecule has 2 aromatic heterocycles. The molecule has 0 spiro atoms. The number of nitrogens with zero attached hydrogens (tertiary/aromatic N) is 3. The van der Waals surface area contributed by atoms with Crippen LogP contribution in [0, 0.1) is 0 Å². The minimum Gasteiger partial charge on any atom is -0.504 e. The number of furan rings is 1. The maximum Gasteiger partial charge on any atom is 0.206 e. The highest BCUT2D eigenvalue weighted by Crippen LogP contribution is 2.28. The van der Waals surface area contributed by atoms with Crippen molar-refractivity contribution in [3.05, 3.63) is 52.3 Å². The van der Waals surface area contributed by atoms with Gasteiger partial charge >= 0.3 is 0 Å². The lowest BCUT2D eigenvalue weighted by molar-refractivity contribution is 0.373. The molecule has 0 aliphatic carbocycles. The lowest BCUT2D eigenvalue weighted by atomic mass is 10.2. The standard InChI is InChI=1S/C18H19N3O3S/c1-12(2)20-18-21(14(11-25-18)15-8-5-9-24-15)19-10-13-6-4-7-16(23-3)17(13)22/h4-12,22H,1-3H3. The number of aromatic hydroxyl groups is 1. The first-order valence-electron chi connectivity index (χ1n) is 7.78. The molecule has 3 rings (SSSR count). The molecule has 130 valence electrons. The molecule has 6 nitrogen and oxygen atoms in total. The predicted octanol–water partition coefficient (Wildman–Crippen LogP) is 3.72. The third-order valence-electron chi connectivity index (χ3n) is 3.39. The van der Waals surface area contributed by atoms with Crippen molar-refractivity contribution in [3.63, 3.8) is 0 Å². The molecule has 0 radical (unpaired) electrons. The summed E-state index contributed by atoms with van der Waals surface area (Å²) in [6, 6.07) is 9.09. The molecule has 1 N–H and O–H groups in total. The van der Waals surface area contributed by atoms with Crippen molar-refractivity contribution in [1.29, 1.82) is 0 Å². The number of phenolic OH excluding ortho intramolecular Hbond substituents is 1. The van der Waals surface area contributed by atoms with Crippen LogP contribution in [-0.4, -0.2) is 29.1 Å². The fourth-order valence-electron chi connectivity index (χ4n) is 2.24. The van der Waals surface area contributed by atoms with Crippen LogP contribution >= 0.6 is 11.3 Å². The van der Waals surface area contributed by atoms with Gasteiger partial charge in [-0.25, -0.2) is 4.68 Å². The summed E-state index contributed by atoms with van der Waals surface area (Å²) in [7, 11) is 1.51. The van der Waals surface area contributed by atoms with Crippen LogP contribution in [-0.2, 0) is 0 Å². The monoisotopic (exact) mass is 357 g/mol. The second-order valence-electron chi connectivity index (χ2n) is 5.56. The van der Waals surface area contributed by atoms with E-state index in [1.807, 2.05) is 31.4 Å². The summed E-state index contributed by atoms with van der Waals surface area (Å²) in [5.41, 5.74) is 1.35. The molecule has 3 aromatic rings. The summed E-state index contributed by atoms with van der Waals surface area (Å²) in [5.74, 6) is 1.15. The second-order valence-corrected chi connectivity index (χ2v) is 6.39. The number of para-hydroxylation sites is 1. The van der Waals surface area contributed by atoms with Gasteiger partial charge in [0.15, 0.2) is 17.3 Å². The molecule has 0 atom stereocenters. The molecule has 0 amide bonds. The fraction of sp³-hybridized carbons (Fsp3) is 0.222. The molecule has 0 aliphatic rings. The lowest BCUT2D eigenvalue weighted by Gasteiger charge is -2.05. The van der Waals surface area contributed by atoms with E-state index in [9.17, 15) is 5.11 Å². The van der Waals surface area contributed by atoms with E-state index in [2.05, 4.69) is 10.1 Å². The van der Waals surface area contributed by atoms with E-state index in [0.717, 1.165) is 10.5 Å². The van der Waals surface area contributed by atoms with Gasteiger partial charge < -0.3 is 14.3 Å². The summed E-state index contributed by atoms with van der Waals surface area (Å²) in [6.07, 6.45) is 3.20. The molecule has 0 bridgehead atoms. The third kappa shape index (κ3) is 3.66. The van der Waals surface area contributed by atoms with Crippen molar-refractivity contribution < 1.29 is 14.3 Å². The van der Waals surface area contributed by atoms with Gasteiger partial charge in [-0.3, -0.25) is 4.99 Å². The highest BCUT2D eigenvalue weighted by molar-refractivity contribution is 7.07. The van der Waals surface area contributed by atoms with Crippen LogP contribution in [0.15, 0.2) is 56.5 Å².